The Labute approximate surface area is 250 Å². The standard InChI is InChI=1S/C25H19Cl2N3O6S.Na/c1-13-19(27)11-16(12-22(13)37(33,34)35)29-30-23-17-6-4-3-5-14(17)9-18(24(23)31)25(32)28-20-8-7-15(26)10-21(20)36-2;/h3-12,31H,1-2H3,(H,28,32)(H,33,34,35);/q;+1/p-1. The molecule has 190 valence electrons. The molecule has 4 rings (SSSR count). The van der Waals surface area contributed by atoms with E-state index in [4.69, 9.17) is 27.9 Å². The molecule has 0 aliphatic rings. The predicted octanol–water partition coefficient (Wildman–Crippen LogP) is 3.46. The molecule has 0 aliphatic heterocycles. The van der Waals surface area contributed by atoms with Crippen molar-refractivity contribution in [3.8, 4) is 11.5 Å². The van der Waals surface area contributed by atoms with Crippen molar-refractivity contribution in [1.29, 1.82) is 0 Å². The van der Waals surface area contributed by atoms with Crippen LogP contribution < -0.4 is 44.7 Å². The normalized spacial score (nSPS) is 11.4. The summed E-state index contributed by atoms with van der Waals surface area (Å²) in [6.45, 7) is 1.42. The van der Waals surface area contributed by atoms with Gasteiger partial charge in [0.25, 0.3) is 16.0 Å². The van der Waals surface area contributed by atoms with Gasteiger partial charge in [-0.15, -0.1) is 0 Å². The Hall–Kier alpha value is -2.70. The number of hydrogen-bond donors (Lipinski definition) is 2. The average Bonchev–Trinajstić information content (AvgIpc) is 2.85. The van der Waals surface area contributed by atoms with Crippen LogP contribution in [0.15, 0.2) is 75.8 Å². The third kappa shape index (κ3) is 6.29. The molecular weight excluding hydrogens is 564 g/mol. The van der Waals surface area contributed by atoms with Crippen LogP contribution >= 0.6 is 23.2 Å². The summed E-state index contributed by atoms with van der Waals surface area (Å²) in [6.07, 6.45) is 0. The summed E-state index contributed by atoms with van der Waals surface area (Å²) in [5.41, 5.74) is 0.0724. The van der Waals surface area contributed by atoms with Crippen LogP contribution in [0.3, 0.4) is 0 Å². The number of hydrogen-bond acceptors (Lipinski definition) is 7. The maximum atomic E-state index is 13.4. The van der Waals surface area contributed by atoms with E-state index >= 15 is 0 Å². The molecule has 0 heterocycles. The van der Waals surface area contributed by atoms with Crippen LogP contribution in [-0.2, 0) is 10.1 Å². The number of azo groups is 1. The molecule has 0 atom stereocenters. The van der Waals surface area contributed by atoms with Gasteiger partial charge in [-0.25, -0.2) is 0 Å². The molecule has 0 radical (unpaired) electrons. The largest absolute Gasteiger partial charge is 1.00 e. The van der Waals surface area contributed by atoms with Crippen LogP contribution in [0.5, 0.6) is 11.5 Å². The summed E-state index contributed by atoms with van der Waals surface area (Å²) in [7, 11) is -3.16. The molecular formula is C25H18Cl2N3NaO6S. The maximum absolute atomic E-state index is 13.4. The van der Waals surface area contributed by atoms with Crippen molar-refractivity contribution in [3.63, 3.8) is 0 Å². The van der Waals surface area contributed by atoms with E-state index in [9.17, 15) is 22.9 Å². The van der Waals surface area contributed by atoms with Gasteiger partial charge in [0, 0.05) is 27.1 Å². The van der Waals surface area contributed by atoms with Gasteiger partial charge >= 0.3 is 29.6 Å². The number of rotatable bonds is 6. The van der Waals surface area contributed by atoms with Crippen LogP contribution in [0.1, 0.15) is 15.9 Å². The minimum atomic E-state index is -4.58. The van der Waals surface area contributed by atoms with Gasteiger partial charge in [-0.3, -0.25) is 9.35 Å². The Morgan fingerprint density at radius 1 is 1.05 bits per heavy atom. The fourth-order valence-corrected chi connectivity index (χ4v) is 4.81. The molecule has 0 unspecified atom stereocenters. The summed E-state index contributed by atoms with van der Waals surface area (Å²) >= 11 is 12.1. The fraction of sp³-hybridized carbons (Fsp3) is 0.0800. The van der Waals surface area contributed by atoms with E-state index in [0.717, 1.165) is 6.07 Å². The molecule has 0 saturated heterocycles. The molecule has 1 amide bonds. The molecule has 0 aromatic heterocycles. The van der Waals surface area contributed by atoms with E-state index in [1.165, 1.54) is 32.2 Å². The van der Waals surface area contributed by atoms with Gasteiger partial charge in [0.1, 0.15) is 10.6 Å². The third-order valence-electron chi connectivity index (χ3n) is 5.46. The molecule has 0 saturated carbocycles. The molecule has 4 aromatic rings. The molecule has 0 fully saturated rings. The number of nitrogens with zero attached hydrogens (tertiary/aromatic N) is 2. The number of nitrogens with one attached hydrogen (secondary N) is 1. The van der Waals surface area contributed by atoms with Crippen molar-refractivity contribution in [2.75, 3.05) is 12.4 Å². The second-order valence-electron chi connectivity index (χ2n) is 7.85. The average molecular weight is 582 g/mol. The van der Waals surface area contributed by atoms with Gasteiger partial charge in [-0.2, -0.15) is 18.6 Å². The van der Waals surface area contributed by atoms with Crippen molar-refractivity contribution in [2.45, 2.75) is 11.8 Å². The first-order valence-electron chi connectivity index (χ1n) is 10.6. The number of carbonyl (C=O) groups is 1. The number of carbonyl (C=O) groups excluding carboxylic acids is 1. The van der Waals surface area contributed by atoms with Crippen molar-refractivity contribution < 1.29 is 57.2 Å². The summed E-state index contributed by atoms with van der Waals surface area (Å²) in [5, 5.41) is 25.4. The van der Waals surface area contributed by atoms with Crippen molar-refractivity contribution >= 4 is 67.1 Å². The topological polar surface area (TPSA) is 140 Å². The maximum Gasteiger partial charge on any atom is 1.00 e. The SMILES string of the molecule is COc1cc(Cl)ccc1NC(=O)c1cc2ccccc2c(N=Nc2cc(Cl)c(C)c(S(=O)(=O)O)c2)c1[O-].[Na+]. The van der Waals surface area contributed by atoms with Crippen LogP contribution in [0.2, 0.25) is 10.0 Å². The third-order valence-corrected chi connectivity index (χ3v) is 7.06. The second kappa shape index (κ2) is 12.0. The van der Waals surface area contributed by atoms with Gasteiger partial charge in [0.15, 0.2) is 0 Å². The molecule has 13 heteroatoms. The van der Waals surface area contributed by atoms with Crippen LogP contribution in [0.4, 0.5) is 17.1 Å². The Morgan fingerprint density at radius 2 is 1.76 bits per heavy atom. The first-order valence-corrected chi connectivity index (χ1v) is 12.8. The zero-order chi connectivity index (χ0) is 26.9. The van der Waals surface area contributed by atoms with Crippen LogP contribution in [-0.4, -0.2) is 26.0 Å². The number of ether oxygens (including phenoxy) is 1. The Kier molecular flexibility index (Phi) is 9.43. The summed E-state index contributed by atoms with van der Waals surface area (Å²) in [5.74, 6) is -1.11. The molecule has 0 aliphatic carbocycles. The Bertz CT molecular complexity index is 1700. The van der Waals surface area contributed by atoms with Crippen molar-refractivity contribution in [3.05, 3.63) is 81.8 Å². The quantitative estimate of drug-likeness (QED) is 0.203. The first-order chi connectivity index (χ1) is 17.5. The fourth-order valence-electron chi connectivity index (χ4n) is 3.61. The summed E-state index contributed by atoms with van der Waals surface area (Å²) in [6, 6.07) is 15.2. The molecule has 0 spiro atoms. The smallest absolute Gasteiger partial charge is 0.870 e. The summed E-state index contributed by atoms with van der Waals surface area (Å²) in [4.78, 5) is 12.7. The Morgan fingerprint density at radius 3 is 2.45 bits per heavy atom. The zero-order valence-electron chi connectivity index (χ0n) is 20.3. The van der Waals surface area contributed by atoms with E-state index in [1.54, 1.807) is 36.4 Å². The van der Waals surface area contributed by atoms with E-state index in [2.05, 4.69) is 15.5 Å². The number of methoxy groups -OCH3 is 1. The second-order valence-corrected chi connectivity index (χ2v) is 10.1. The number of halogens is 2. The Balaban J connectivity index is 0.00000400. The van der Waals surface area contributed by atoms with Gasteiger partial charge < -0.3 is 15.2 Å². The van der Waals surface area contributed by atoms with Gasteiger partial charge in [0.2, 0.25) is 0 Å². The molecule has 0 bridgehead atoms. The monoisotopic (exact) mass is 581 g/mol. The number of benzene rings is 4. The number of fused-ring (bicyclic) bond motifs is 1. The number of amides is 1. The molecule has 9 nitrogen and oxygen atoms in total. The minimum absolute atomic E-state index is 0. The zero-order valence-corrected chi connectivity index (χ0v) is 24.6. The minimum Gasteiger partial charge on any atom is -0.870 e. The molecule has 4 aromatic carbocycles. The number of anilines is 1. The van der Waals surface area contributed by atoms with E-state index in [1.807, 2.05) is 0 Å². The first kappa shape index (κ1) is 29.9. The van der Waals surface area contributed by atoms with E-state index in [-0.39, 0.29) is 57.1 Å². The molecule has 38 heavy (non-hydrogen) atoms. The van der Waals surface area contributed by atoms with Crippen molar-refractivity contribution in [1.82, 2.24) is 0 Å². The summed E-state index contributed by atoms with van der Waals surface area (Å²) < 4.78 is 38.2. The van der Waals surface area contributed by atoms with Crippen molar-refractivity contribution in [2.24, 2.45) is 10.2 Å². The van der Waals surface area contributed by atoms with E-state index < -0.39 is 26.7 Å². The molecule has 2 N–H and O–H groups in total. The predicted molar refractivity (Wildman–Crippen MR) is 140 cm³/mol. The van der Waals surface area contributed by atoms with Crippen LogP contribution in [0, 0.1) is 6.92 Å². The van der Waals surface area contributed by atoms with Gasteiger partial charge in [-0.1, -0.05) is 53.2 Å². The van der Waals surface area contributed by atoms with E-state index in [0.29, 0.717) is 27.2 Å². The van der Waals surface area contributed by atoms with Crippen LogP contribution in [0.25, 0.3) is 10.8 Å². The van der Waals surface area contributed by atoms with Gasteiger partial charge in [0.05, 0.1) is 24.2 Å². The van der Waals surface area contributed by atoms with Gasteiger partial charge in [-0.05, 0) is 48.2 Å².